The third-order valence-electron chi connectivity index (χ3n) is 5.45. The van der Waals surface area contributed by atoms with Gasteiger partial charge in [-0.05, 0) is 65.5 Å². The van der Waals surface area contributed by atoms with Crippen molar-refractivity contribution in [1.29, 1.82) is 0 Å². The molecule has 0 unspecified atom stereocenters. The molecule has 3 aromatic carbocycles. The molecule has 1 N–H and O–H groups in total. The van der Waals surface area contributed by atoms with Gasteiger partial charge in [-0.3, -0.25) is 4.79 Å². The number of ether oxygens (including phenoxy) is 2. The van der Waals surface area contributed by atoms with Crippen LogP contribution < -0.4 is 15.0 Å². The molecule has 0 amide bonds. The van der Waals surface area contributed by atoms with Gasteiger partial charge in [0.25, 0.3) is 5.56 Å². The van der Waals surface area contributed by atoms with Crippen molar-refractivity contribution in [3.8, 4) is 11.5 Å². The molecule has 4 aromatic rings. The van der Waals surface area contributed by atoms with E-state index in [0.29, 0.717) is 22.6 Å². The van der Waals surface area contributed by atoms with Gasteiger partial charge in [0.15, 0.2) is 0 Å². The first-order valence-corrected chi connectivity index (χ1v) is 11.8. The zero-order valence-electron chi connectivity index (χ0n) is 18.6. The maximum atomic E-state index is 13.5. The van der Waals surface area contributed by atoms with Gasteiger partial charge in [-0.15, -0.1) is 0 Å². The first kappa shape index (κ1) is 23.5. The number of nitrogens with one attached hydrogen (secondary N) is 1. The highest BCUT2D eigenvalue weighted by Crippen LogP contribution is 2.24. The summed E-state index contributed by atoms with van der Waals surface area (Å²) in [6.45, 7) is -0.224. The molecule has 0 aliphatic carbocycles. The Morgan fingerprint density at radius 3 is 2.15 bits per heavy atom. The van der Waals surface area contributed by atoms with E-state index in [9.17, 15) is 17.6 Å². The average molecular weight is 483 g/mol. The SMILES string of the molecule is COc1ccc(S(=O)(=O)N(Cc2ccc(F)cc2)Cc2cc3ccc(OC)cc3[nH]c2=O)cc1. The Kier molecular flexibility index (Phi) is 6.67. The predicted molar refractivity (Wildman–Crippen MR) is 127 cm³/mol. The first-order valence-electron chi connectivity index (χ1n) is 10.4. The fraction of sp³-hybridized carbons (Fsp3) is 0.160. The van der Waals surface area contributed by atoms with E-state index in [-0.39, 0.29) is 23.5 Å². The Labute approximate surface area is 196 Å². The molecule has 9 heteroatoms. The number of fused-ring (bicyclic) bond motifs is 1. The second-order valence-corrected chi connectivity index (χ2v) is 9.59. The summed E-state index contributed by atoms with van der Waals surface area (Å²) in [7, 11) is -0.977. The van der Waals surface area contributed by atoms with Crippen LogP contribution in [-0.4, -0.2) is 31.9 Å². The van der Waals surface area contributed by atoms with E-state index in [1.165, 1.54) is 54.9 Å². The van der Waals surface area contributed by atoms with Gasteiger partial charge in [0.05, 0.1) is 24.6 Å². The molecule has 4 rings (SSSR count). The lowest BCUT2D eigenvalue weighted by atomic mass is 10.1. The molecule has 0 saturated carbocycles. The molecule has 0 bridgehead atoms. The quantitative estimate of drug-likeness (QED) is 0.409. The monoisotopic (exact) mass is 482 g/mol. The van der Waals surface area contributed by atoms with E-state index in [4.69, 9.17) is 9.47 Å². The number of H-pyrrole nitrogens is 1. The summed E-state index contributed by atoms with van der Waals surface area (Å²) in [6, 6.07) is 18.5. The molecule has 7 nitrogen and oxygen atoms in total. The largest absolute Gasteiger partial charge is 0.497 e. The normalized spacial score (nSPS) is 11.6. The highest BCUT2D eigenvalue weighted by molar-refractivity contribution is 7.89. The molecular formula is C25H23FN2O5S. The Morgan fingerprint density at radius 2 is 1.50 bits per heavy atom. The van der Waals surface area contributed by atoms with Gasteiger partial charge in [0.1, 0.15) is 17.3 Å². The zero-order chi connectivity index (χ0) is 24.3. The summed E-state index contributed by atoms with van der Waals surface area (Å²) in [6.07, 6.45) is 0. The summed E-state index contributed by atoms with van der Waals surface area (Å²) in [5.74, 6) is 0.691. The van der Waals surface area contributed by atoms with Crippen molar-refractivity contribution in [3.63, 3.8) is 0 Å². The van der Waals surface area contributed by atoms with Gasteiger partial charge in [-0.1, -0.05) is 12.1 Å². The van der Waals surface area contributed by atoms with E-state index in [0.717, 1.165) is 5.39 Å². The van der Waals surface area contributed by atoms with Crippen LogP contribution in [0.4, 0.5) is 4.39 Å². The molecule has 0 radical (unpaired) electrons. The van der Waals surface area contributed by atoms with Crippen molar-refractivity contribution >= 4 is 20.9 Å². The van der Waals surface area contributed by atoms with Gasteiger partial charge in [-0.25, -0.2) is 12.8 Å². The first-order chi connectivity index (χ1) is 16.3. The van der Waals surface area contributed by atoms with Crippen molar-refractivity contribution in [2.75, 3.05) is 14.2 Å². The van der Waals surface area contributed by atoms with E-state index in [1.807, 2.05) is 0 Å². The van der Waals surface area contributed by atoms with Crippen molar-refractivity contribution in [3.05, 3.63) is 100 Å². The third-order valence-corrected chi connectivity index (χ3v) is 7.25. The number of aromatic nitrogens is 1. The average Bonchev–Trinajstić information content (AvgIpc) is 2.85. The second-order valence-electron chi connectivity index (χ2n) is 7.65. The van der Waals surface area contributed by atoms with Crippen LogP contribution in [0.15, 0.2) is 82.5 Å². The fourth-order valence-corrected chi connectivity index (χ4v) is 4.98. The topological polar surface area (TPSA) is 88.7 Å². The van der Waals surface area contributed by atoms with Crippen LogP contribution in [0.1, 0.15) is 11.1 Å². The standard InChI is InChI=1S/C25H23FN2O5S/c1-32-21-9-11-23(12-10-21)34(30,31)28(15-17-3-6-20(26)7-4-17)16-19-13-18-5-8-22(33-2)14-24(18)27-25(19)29/h3-14H,15-16H2,1-2H3,(H,27,29). The molecule has 0 aliphatic rings. The number of rotatable bonds is 8. The molecule has 0 spiro atoms. The van der Waals surface area contributed by atoms with Crippen LogP contribution >= 0.6 is 0 Å². The van der Waals surface area contributed by atoms with Gasteiger partial charge in [0.2, 0.25) is 10.0 Å². The third kappa shape index (κ3) is 4.95. The summed E-state index contributed by atoms with van der Waals surface area (Å²) < 4.78 is 52.0. The van der Waals surface area contributed by atoms with Crippen molar-refractivity contribution in [2.24, 2.45) is 0 Å². The highest BCUT2D eigenvalue weighted by Gasteiger charge is 2.26. The molecule has 0 saturated heterocycles. The van der Waals surface area contributed by atoms with E-state index >= 15 is 0 Å². The molecule has 1 heterocycles. The summed E-state index contributed by atoms with van der Waals surface area (Å²) in [5, 5.41) is 0.735. The smallest absolute Gasteiger partial charge is 0.252 e. The van der Waals surface area contributed by atoms with Gasteiger partial charge < -0.3 is 14.5 Å². The fourth-order valence-electron chi connectivity index (χ4n) is 3.58. The van der Waals surface area contributed by atoms with Crippen LogP contribution in [0.3, 0.4) is 0 Å². The Balaban J connectivity index is 1.75. The lowest BCUT2D eigenvalue weighted by Gasteiger charge is -2.22. The minimum atomic E-state index is -4.00. The number of halogens is 1. The lowest BCUT2D eigenvalue weighted by Crippen LogP contribution is -2.32. The van der Waals surface area contributed by atoms with Crippen LogP contribution in [0, 0.1) is 5.82 Å². The van der Waals surface area contributed by atoms with E-state index < -0.39 is 21.4 Å². The highest BCUT2D eigenvalue weighted by atomic mass is 32.2. The number of hydrogen-bond donors (Lipinski definition) is 1. The van der Waals surface area contributed by atoms with Gasteiger partial charge in [-0.2, -0.15) is 4.31 Å². The molecule has 1 aromatic heterocycles. The second kappa shape index (κ2) is 9.66. The zero-order valence-corrected chi connectivity index (χ0v) is 19.4. The maximum absolute atomic E-state index is 13.5. The summed E-state index contributed by atoms with van der Waals surface area (Å²) >= 11 is 0. The van der Waals surface area contributed by atoms with Crippen LogP contribution in [0.2, 0.25) is 0 Å². The van der Waals surface area contributed by atoms with Crippen molar-refractivity contribution in [1.82, 2.24) is 9.29 Å². The number of sulfonamides is 1. The minimum absolute atomic E-state index is 0.0469. The minimum Gasteiger partial charge on any atom is -0.497 e. The maximum Gasteiger partial charge on any atom is 0.252 e. The molecule has 0 fully saturated rings. The molecule has 34 heavy (non-hydrogen) atoms. The lowest BCUT2D eigenvalue weighted by molar-refractivity contribution is 0.399. The van der Waals surface area contributed by atoms with E-state index in [2.05, 4.69) is 4.98 Å². The van der Waals surface area contributed by atoms with Crippen LogP contribution in [0.25, 0.3) is 10.9 Å². The van der Waals surface area contributed by atoms with Crippen LogP contribution in [0.5, 0.6) is 11.5 Å². The van der Waals surface area contributed by atoms with Crippen molar-refractivity contribution in [2.45, 2.75) is 18.0 Å². The predicted octanol–water partition coefficient (Wildman–Crippen LogP) is 4.08. The van der Waals surface area contributed by atoms with Crippen molar-refractivity contribution < 1.29 is 22.3 Å². The molecule has 0 aliphatic heterocycles. The van der Waals surface area contributed by atoms with Crippen LogP contribution in [-0.2, 0) is 23.1 Å². The Hall–Kier alpha value is -3.69. The number of pyridine rings is 1. The number of benzene rings is 3. The van der Waals surface area contributed by atoms with E-state index in [1.54, 1.807) is 36.4 Å². The number of nitrogens with zero attached hydrogens (tertiary/aromatic N) is 1. The Morgan fingerprint density at radius 1 is 0.853 bits per heavy atom. The number of methoxy groups -OCH3 is 2. The number of hydrogen-bond acceptors (Lipinski definition) is 5. The molecule has 176 valence electrons. The summed E-state index contributed by atoms with van der Waals surface area (Å²) in [4.78, 5) is 15.7. The van der Waals surface area contributed by atoms with Gasteiger partial charge >= 0.3 is 0 Å². The molecular weight excluding hydrogens is 459 g/mol. The molecule has 0 atom stereocenters. The Bertz CT molecular complexity index is 1470. The number of aromatic amines is 1. The summed E-state index contributed by atoms with van der Waals surface area (Å²) in [5.41, 5.74) is 1.03. The van der Waals surface area contributed by atoms with Gasteiger partial charge in [0, 0.05) is 24.7 Å².